The molecule has 1 aromatic carbocycles. The summed E-state index contributed by atoms with van der Waals surface area (Å²) in [7, 11) is 0. The molecule has 0 spiro atoms. The minimum absolute atomic E-state index is 0.409. The third-order valence-electron chi connectivity index (χ3n) is 2.62. The molecule has 4 nitrogen and oxygen atoms in total. The van der Waals surface area contributed by atoms with Crippen LogP contribution in [0.1, 0.15) is 42.8 Å². The van der Waals surface area contributed by atoms with Gasteiger partial charge in [-0.1, -0.05) is 34.1 Å². The van der Waals surface area contributed by atoms with Crippen LogP contribution < -0.4 is 0 Å². The van der Waals surface area contributed by atoms with E-state index in [2.05, 4.69) is 15.9 Å². The second-order valence-corrected chi connectivity index (χ2v) is 6.33. The van der Waals surface area contributed by atoms with Gasteiger partial charge in [0.05, 0.1) is 5.56 Å². The van der Waals surface area contributed by atoms with Crippen molar-refractivity contribution < 1.29 is 19.1 Å². The van der Waals surface area contributed by atoms with Crippen LogP contribution in [0, 0.1) is 0 Å². The summed E-state index contributed by atoms with van der Waals surface area (Å²) in [5.74, 6) is -0.851. The number of cyclic esters (lactones) is 1. The standard InChI is InChI=1S/C14H15BrO4/c1-14(2,3)19-13(17)10(15)11-8-6-4-5-7-9(8)12(16)18-11/h4-7,10-11H,1-3H3/t10-,11-/m1/s1. The number of fused-ring (bicyclic) bond motifs is 1. The average Bonchev–Trinajstić information content (AvgIpc) is 2.64. The monoisotopic (exact) mass is 326 g/mol. The number of esters is 2. The van der Waals surface area contributed by atoms with Gasteiger partial charge in [-0.25, -0.2) is 4.79 Å². The molecule has 0 radical (unpaired) electrons. The highest BCUT2D eigenvalue weighted by Crippen LogP contribution is 2.36. The van der Waals surface area contributed by atoms with Crippen LogP contribution in [0.15, 0.2) is 24.3 Å². The van der Waals surface area contributed by atoms with Crippen LogP contribution in [0.2, 0.25) is 0 Å². The molecular formula is C14H15BrO4. The smallest absolute Gasteiger partial charge is 0.339 e. The van der Waals surface area contributed by atoms with Crippen molar-refractivity contribution in [3.05, 3.63) is 35.4 Å². The lowest BCUT2D eigenvalue weighted by atomic mass is 10.0. The molecule has 1 aliphatic rings. The van der Waals surface area contributed by atoms with Crippen molar-refractivity contribution in [1.82, 2.24) is 0 Å². The van der Waals surface area contributed by atoms with Gasteiger partial charge in [0.15, 0.2) is 10.9 Å². The van der Waals surface area contributed by atoms with E-state index in [0.717, 1.165) is 0 Å². The molecule has 1 aromatic rings. The van der Waals surface area contributed by atoms with Gasteiger partial charge in [0, 0.05) is 5.56 Å². The minimum Gasteiger partial charge on any atom is -0.459 e. The maximum atomic E-state index is 12.0. The second-order valence-electron chi connectivity index (χ2n) is 5.35. The predicted molar refractivity (Wildman–Crippen MR) is 73.2 cm³/mol. The van der Waals surface area contributed by atoms with Gasteiger partial charge in [-0.15, -0.1) is 0 Å². The zero-order chi connectivity index (χ0) is 14.2. The molecule has 102 valence electrons. The first-order valence-electron chi connectivity index (χ1n) is 5.96. The van der Waals surface area contributed by atoms with E-state index in [9.17, 15) is 9.59 Å². The van der Waals surface area contributed by atoms with E-state index in [4.69, 9.17) is 9.47 Å². The highest BCUT2D eigenvalue weighted by atomic mass is 79.9. The predicted octanol–water partition coefficient (Wildman–Crippen LogP) is 3.00. The van der Waals surface area contributed by atoms with Gasteiger partial charge in [0.1, 0.15) is 5.60 Å². The summed E-state index contributed by atoms with van der Waals surface area (Å²) in [6.07, 6.45) is -0.640. The lowest BCUT2D eigenvalue weighted by Gasteiger charge is -2.23. The number of carbonyl (C=O) groups is 2. The molecule has 0 aliphatic carbocycles. The Morgan fingerprint density at radius 1 is 1.37 bits per heavy atom. The fourth-order valence-corrected chi connectivity index (χ4v) is 2.36. The number of rotatable bonds is 2. The molecule has 0 N–H and O–H groups in total. The fourth-order valence-electron chi connectivity index (χ4n) is 1.87. The number of hydrogen-bond donors (Lipinski definition) is 0. The Morgan fingerprint density at radius 2 is 2.00 bits per heavy atom. The summed E-state index contributed by atoms with van der Waals surface area (Å²) in [6, 6.07) is 7.04. The molecule has 0 fully saturated rings. The topological polar surface area (TPSA) is 52.6 Å². The van der Waals surface area contributed by atoms with Gasteiger partial charge >= 0.3 is 11.9 Å². The molecule has 0 amide bonds. The van der Waals surface area contributed by atoms with E-state index < -0.39 is 28.5 Å². The molecule has 0 saturated carbocycles. The number of halogens is 1. The summed E-state index contributed by atoms with van der Waals surface area (Å²) in [4.78, 5) is 23.0. The van der Waals surface area contributed by atoms with Crippen LogP contribution in [-0.4, -0.2) is 22.4 Å². The van der Waals surface area contributed by atoms with Crippen molar-refractivity contribution in [3.8, 4) is 0 Å². The molecule has 0 bridgehead atoms. The summed E-state index contributed by atoms with van der Waals surface area (Å²) in [5, 5.41) is 0. The molecule has 2 atom stereocenters. The SMILES string of the molecule is CC(C)(C)OC(=O)[C@H](Br)[C@@H]1OC(=O)c2ccccc21. The third-order valence-corrected chi connectivity index (χ3v) is 3.47. The number of carbonyl (C=O) groups excluding carboxylic acids is 2. The van der Waals surface area contributed by atoms with Crippen LogP contribution in [-0.2, 0) is 14.3 Å². The Balaban J connectivity index is 2.20. The summed E-state index contributed by atoms with van der Waals surface area (Å²) in [6.45, 7) is 5.37. The fraction of sp³-hybridized carbons (Fsp3) is 0.429. The molecule has 5 heteroatoms. The van der Waals surface area contributed by atoms with E-state index in [1.54, 1.807) is 39.0 Å². The number of ether oxygens (including phenoxy) is 2. The van der Waals surface area contributed by atoms with Crippen molar-refractivity contribution in [2.45, 2.75) is 37.3 Å². The van der Waals surface area contributed by atoms with Crippen LogP contribution in [0.3, 0.4) is 0 Å². The molecular weight excluding hydrogens is 312 g/mol. The van der Waals surface area contributed by atoms with Gasteiger partial charge in [0.2, 0.25) is 0 Å². The van der Waals surface area contributed by atoms with E-state index in [1.807, 2.05) is 6.07 Å². The van der Waals surface area contributed by atoms with Crippen LogP contribution in [0.5, 0.6) is 0 Å². The molecule has 0 saturated heterocycles. The first kappa shape index (κ1) is 14.1. The van der Waals surface area contributed by atoms with Crippen molar-refractivity contribution in [1.29, 1.82) is 0 Å². The summed E-state index contributed by atoms with van der Waals surface area (Å²) in [5.41, 5.74) is 0.631. The first-order valence-corrected chi connectivity index (χ1v) is 6.88. The van der Waals surface area contributed by atoms with Gasteiger partial charge in [-0.2, -0.15) is 0 Å². The van der Waals surface area contributed by atoms with Crippen molar-refractivity contribution in [2.24, 2.45) is 0 Å². The number of hydrogen-bond acceptors (Lipinski definition) is 4. The Morgan fingerprint density at radius 3 is 2.63 bits per heavy atom. The molecule has 2 rings (SSSR count). The lowest BCUT2D eigenvalue weighted by Crippen LogP contribution is -2.32. The third kappa shape index (κ3) is 2.97. The van der Waals surface area contributed by atoms with E-state index in [-0.39, 0.29) is 0 Å². The maximum absolute atomic E-state index is 12.0. The first-order chi connectivity index (χ1) is 8.79. The summed E-state index contributed by atoms with van der Waals surface area (Å²) >= 11 is 3.27. The zero-order valence-electron chi connectivity index (χ0n) is 11.0. The molecule has 1 aliphatic heterocycles. The maximum Gasteiger partial charge on any atom is 0.339 e. The summed E-state index contributed by atoms with van der Waals surface area (Å²) < 4.78 is 10.5. The molecule has 19 heavy (non-hydrogen) atoms. The average molecular weight is 327 g/mol. The van der Waals surface area contributed by atoms with Crippen LogP contribution in [0.4, 0.5) is 0 Å². The highest BCUT2D eigenvalue weighted by Gasteiger charge is 2.40. The quantitative estimate of drug-likeness (QED) is 0.619. The number of benzene rings is 1. The van der Waals surface area contributed by atoms with E-state index >= 15 is 0 Å². The Hall–Kier alpha value is -1.36. The van der Waals surface area contributed by atoms with Crippen LogP contribution in [0.25, 0.3) is 0 Å². The van der Waals surface area contributed by atoms with Crippen molar-refractivity contribution in [3.63, 3.8) is 0 Å². The largest absolute Gasteiger partial charge is 0.459 e. The van der Waals surface area contributed by atoms with E-state index in [1.165, 1.54) is 0 Å². The normalized spacial score (nSPS) is 19.6. The van der Waals surface area contributed by atoms with Crippen molar-refractivity contribution in [2.75, 3.05) is 0 Å². The Kier molecular flexibility index (Phi) is 3.67. The van der Waals surface area contributed by atoms with Gasteiger partial charge in [-0.3, -0.25) is 4.79 Å². The van der Waals surface area contributed by atoms with Crippen molar-refractivity contribution >= 4 is 27.9 Å². The second kappa shape index (κ2) is 4.96. The van der Waals surface area contributed by atoms with Gasteiger partial charge in [0.25, 0.3) is 0 Å². The Bertz CT molecular complexity index is 518. The number of alkyl halides is 1. The highest BCUT2D eigenvalue weighted by molar-refractivity contribution is 9.10. The molecule has 1 heterocycles. The van der Waals surface area contributed by atoms with E-state index in [0.29, 0.717) is 11.1 Å². The zero-order valence-corrected chi connectivity index (χ0v) is 12.6. The molecule has 0 unspecified atom stereocenters. The van der Waals surface area contributed by atoms with Gasteiger partial charge < -0.3 is 9.47 Å². The van der Waals surface area contributed by atoms with Crippen LogP contribution >= 0.6 is 15.9 Å². The van der Waals surface area contributed by atoms with Gasteiger partial charge in [-0.05, 0) is 26.8 Å². The molecule has 0 aromatic heterocycles. The lowest BCUT2D eigenvalue weighted by molar-refractivity contribution is -0.155. The Labute approximate surface area is 120 Å². The minimum atomic E-state index is -0.709.